The lowest BCUT2D eigenvalue weighted by Gasteiger charge is -2.07. The number of ether oxygens (including phenoxy) is 2. The first-order valence-corrected chi connectivity index (χ1v) is 7.98. The van der Waals surface area contributed by atoms with Crippen LogP contribution in [0.1, 0.15) is 25.3 Å². The van der Waals surface area contributed by atoms with Crippen LogP contribution in [0.25, 0.3) is 0 Å². The Morgan fingerprint density at radius 3 is 2.75 bits per heavy atom. The van der Waals surface area contributed by atoms with Crippen molar-refractivity contribution in [2.24, 2.45) is 5.10 Å². The zero-order valence-electron chi connectivity index (χ0n) is 13.8. The van der Waals surface area contributed by atoms with E-state index in [9.17, 15) is 9.59 Å². The molecule has 0 heterocycles. The van der Waals surface area contributed by atoms with E-state index in [4.69, 9.17) is 21.1 Å². The van der Waals surface area contributed by atoms with Crippen molar-refractivity contribution in [3.05, 3.63) is 28.8 Å². The van der Waals surface area contributed by atoms with Gasteiger partial charge in [0.05, 0.1) is 17.8 Å². The maximum atomic E-state index is 11.5. The van der Waals surface area contributed by atoms with Crippen LogP contribution in [0, 0.1) is 0 Å². The number of rotatable bonds is 9. The van der Waals surface area contributed by atoms with E-state index in [2.05, 4.69) is 15.8 Å². The summed E-state index contributed by atoms with van der Waals surface area (Å²) in [6.45, 7) is 3.46. The summed E-state index contributed by atoms with van der Waals surface area (Å²) in [5.41, 5.74) is 2.82. The van der Waals surface area contributed by atoms with Gasteiger partial charge in [-0.15, -0.1) is 0 Å². The van der Waals surface area contributed by atoms with Gasteiger partial charge < -0.3 is 14.8 Å². The molecular formula is C16H22ClN3O4. The lowest BCUT2D eigenvalue weighted by Crippen LogP contribution is -2.38. The predicted octanol–water partition coefficient (Wildman–Crippen LogP) is 1.73. The van der Waals surface area contributed by atoms with E-state index in [0.29, 0.717) is 42.5 Å². The lowest BCUT2D eigenvalue weighted by atomic mass is 10.2. The molecule has 0 saturated carbocycles. The minimum Gasteiger partial charge on any atom is -0.492 e. The Balaban J connectivity index is 2.44. The summed E-state index contributed by atoms with van der Waals surface area (Å²) < 4.78 is 10.3. The number of hydrogen-bond acceptors (Lipinski definition) is 5. The van der Waals surface area contributed by atoms with Crippen LogP contribution < -0.4 is 15.5 Å². The van der Waals surface area contributed by atoms with Crippen molar-refractivity contribution in [1.29, 1.82) is 0 Å². The third-order valence-corrected chi connectivity index (χ3v) is 3.11. The second kappa shape index (κ2) is 11.4. The van der Waals surface area contributed by atoms with Gasteiger partial charge in [-0.3, -0.25) is 9.59 Å². The van der Waals surface area contributed by atoms with Gasteiger partial charge >= 0.3 is 11.8 Å². The number of carbonyl (C=O) groups is 2. The molecular weight excluding hydrogens is 334 g/mol. The molecule has 0 atom stereocenters. The second-order valence-electron chi connectivity index (χ2n) is 4.84. The molecule has 8 heteroatoms. The maximum absolute atomic E-state index is 11.5. The molecule has 2 N–H and O–H groups in total. The molecule has 0 unspecified atom stereocenters. The molecule has 0 aliphatic heterocycles. The summed E-state index contributed by atoms with van der Waals surface area (Å²) in [6.07, 6.45) is 2.91. The van der Waals surface area contributed by atoms with Crippen molar-refractivity contribution in [2.45, 2.75) is 19.8 Å². The Kier molecular flexibility index (Phi) is 9.48. The second-order valence-corrected chi connectivity index (χ2v) is 5.25. The molecule has 0 aliphatic rings. The number of halogens is 1. The Morgan fingerprint density at radius 2 is 2.08 bits per heavy atom. The predicted molar refractivity (Wildman–Crippen MR) is 92.5 cm³/mol. The van der Waals surface area contributed by atoms with Crippen LogP contribution in [0.5, 0.6) is 5.75 Å². The molecule has 0 fully saturated rings. The van der Waals surface area contributed by atoms with Gasteiger partial charge in [-0.1, -0.05) is 18.5 Å². The highest BCUT2D eigenvalue weighted by molar-refractivity contribution is 6.35. The minimum absolute atomic E-state index is 0.360. The summed E-state index contributed by atoms with van der Waals surface area (Å²) in [6, 6.07) is 5.13. The summed E-state index contributed by atoms with van der Waals surface area (Å²) in [7, 11) is 1.57. The van der Waals surface area contributed by atoms with Crippen LogP contribution in [0.2, 0.25) is 5.02 Å². The topological polar surface area (TPSA) is 89.0 Å². The normalized spacial score (nSPS) is 10.6. The first kappa shape index (κ1) is 19.9. The highest BCUT2D eigenvalue weighted by Crippen LogP contribution is 2.24. The standard InChI is InChI=1S/C16H22ClN3O4/c1-3-8-24-14-6-5-12(10-13(14)17)11-19-20-16(22)15(21)18-7-4-9-23-2/h5-6,10-11H,3-4,7-9H2,1-2H3,(H,18,21)(H,20,22)/b19-11-. The van der Waals surface area contributed by atoms with Gasteiger partial charge in [-0.05, 0) is 36.6 Å². The molecule has 0 aliphatic carbocycles. The first-order chi connectivity index (χ1) is 11.6. The van der Waals surface area contributed by atoms with Gasteiger partial charge in [-0.25, -0.2) is 5.43 Å². The lowest BCUT2D eigenvalue weighted by molar-refractivity contribution is -0.139. The number of nitrogens with zero attached hydrogens (tertiary/aromatic N) is 1. The molecule has 2 amide bonds. The fourth-order valence-electron chi connectivity index (χ4n) is 1.64. The summed E-state index contributed by atoms with van der Waals surface area (Å²) in [4.78, 5) is 23.0. The average molecular weight is 356 g/mol. The van der Waals surface area contributed by atoms with Crippen molar-refractivity contribution < 1.29 is 19.1 Å². The van der Waals surface area contributed by atoms with E-state index in [1.807, 2.05) is 6.92 Å². The molecule has 7 nitrogen and oxygen atoms in total. The summed E-state index contributed by atoms with van der Waals surface area (Å²) in [5, 5.41) is 6.64. The molecule has 0 radical (unpaired) electrons. The van der Waals surface area contributed by atoms with E-state index in [0.717, 1.165) is 6.42 Å². The monoisotopic (exact) mass is 355 g/mol. The number of benzene rings is 1. The molecule has 0 bridgehead atoms. The third-order valence-electron chi connectivity index (χ3n) is 2.81. The van der Waals surface area contributed by atoms with Gasteiger partial charge in [0.25, 0.3) is 0 Å². The molecule has 0 saturated heterocycles. The van der Waals surface area contributed by atoms with Gasteiger partial charge in [0.2, 0.25) is 0 Å². The average Bonchev–Trinajstić information content (AvgIpc) is 2.57. The van der Waals surface area contributed by atoms with E-state index in [1.54, 1.807) is 25.3 Å². The van der Waals surface area contributed by atoms with Gasteiger partial charge in [0.15, 0.2) is 0 Å². The van der Waals surface area contributed by atoms with Crippen LogP contribution in [0.4, 0.5) is 0 Å². The quantitative estimate of drug-likeness (QED) is 0.305. The van der Waals surface area contributed by atoms with Crippen LogP contribution in [-0.4, -0.2) is 44.9 Å². The first-order valence-electron chi connectivity index (χ1n) is 7.61. The molecule has 1 aromatic rings. The van der Waals surface area contributed by atoms with Crippen molar-refractivity contribution in [1.82, 2.24) is 10.7 Å². The van der Waals surface area contributed by atoms with E-state index >= 15 is 0 Å². The van der Waals surface area contributed by atoms with Crippen LogP contribution in [-0.2, 0) is 14.3 Å². The molecule has 1 aromatic carbocycles. The SMILES string of the molecule is CCCOc1ccc(/C=N\NC(=O)C(=O)NCCCOC)cc1Cl. The Morgan fingerprint density at radius 1 is 1.29 bits per heavy atom. The van der Waals surface area contributed by atoms with E-state index in [1.165, 1.54) is 6.21 Å². The van der Waals surface area contributed by atoms with Crippen LogP contribution in [0.15, 0.2) is 23.3 Å². The molecule has 1 rings (SSSR count). The van der Waals surface area contributed by atoms with Gasteiger partial charge in [0.1, 0.15) is 5.75 Å². The fraction of sp³-hybridized carbons (Fsp3) is 0.438. The maximum Gasteiger partial charge on any atom is 0.329 e. The molecule has 0 spiro atoms. The van der Waals surface area contributed by atoms with Crippen molar-refractivity contribution >= 4 is 29.6 Å². The zero-order chi connectivity index (χ0) is 17.8. The van der Waals surface area contributed by atoms with Crippen LogP contribution in [0.3, 0.4) is 0 Å². The van der Waals surface area contributed by atoms with Crippen molar-refractivity contribution in [3.8, 4) is 5.75 Å². The Labute approximate surface area is 146 Å². The largest absolute Gasteiger partial charge is 0.492 e. The summed E-state index contributed by atoms with van der Waals surface area (Å²) >= 11 is 6.09. The zero-order valence-corrected chi connectivity index (χ0v) is 14.6. The van der Waals surface area contributed by atoms with E-state index < -0.39 is 11.8 Å². The number of nitrogens with one attached hydrogen (secondary N) is 2. The van der Waals surface area contributed by atoms with Crippen molar-refractivity contribution in [3.63, 3.8) is 0 Å². The number of hydrogen-bond donors (Lipinski definition) is 2. The van der Waals surface area contributed by atoms with Gasteiger partial charge in [-0.2, -0.15) is 5.10 Å². The van der Waals surface area contributed by atoms with E-state index in [-0.39, 0.29) is 0 Å². The Hall–Kier alpha value is -2.12. The third kappa shape index (κ3) is 7.43. The summed E-state index contributed by atoms with van der Waals surface area (Å²) in [5.74, 6) is -0.989. The van der Waals surface area contributed by atoms with Crippen molar-refractivity contribution in [2.75, 3.05) is 26.9 Å². The fourth-order valence-corrected chi connectivity index (χ4v) is 1.88. The highest BCUT2D eigenvalue weighted by Gasteiger charge is 2.11. The molecule has 0 aromatic heterocycles. The number of amides is 2. The minimum atomic E-state index is -0.835. The van der Waals surface area contributed by atoms with Gasteiger partial charge in [0, 0.05) is 20.3 Å². The number of methoxy groups -OCH3 is 1. The number of carbonyl (C=O) groups excluding carboxylic acids is 2. The molecule has 132 valence electrons. The number of hydrazone groups is 1. The highest BCUT2D eigenvalue weighted by atomic mass is 35.5. The molecule has 24 heavy (non-hydrogen) atoms. The smallest absolute Gasteiger partial charge is 0.329 e. The Bertz CT molecular complexity index is 578. The van der Waals surface area contributed by atoms with Crippen LogP contribution >= 0.6 is 11.6 Å².